The molecule has 0 aliphatic carbocycles. The highest BCUT2D eigenvalue weighted by Gasteiger charge is 2.36. The van der Waals surface area contributed by atoms with E-state index in [2.05, 4.69) is 134 Å². The maximum absolute atomic E-state index is 13.7. The van der Waals surface area contributed by atoms with Gasteiger partial charge in [-0.05, 0) is 72.1 Å². The van der Waals surface area contributed by atoms with Crippen LogP contribution in [0.1, 0.15) is 245 Å². The summed E-state index contributed by atoms with van der Waals surface area (Å²) in [5.74, 6) is 1.47. The number of carbonyl (C=O) groups excluding carboxylic acids is 1. The predicted molar refractivity (Wildman–Crippen MR) is 279 cm³/mol. The van der Waals surface area contributed by atoms with Gasteiger partial charge in [-0.25, -0.2) is 0 Å². The van der Waals surface area contributed by atoms with E-state index in [-0.39, 0.29) is 27.6 Å². The first-order valence-electron chi connectivity index (χ1n) is 25.0. The summed E-state index contributed by atoms with van der Waals surface area (Å²) < 4.78 is 27.2. The van der Waals surface area contributed by atoms with Crippen molar-refractivity contribution in [3.8, 4) is 17.2 Å². The maximum atomic E-state index is 13.7. The fraction of sp³-hybridized carbons (Fsp3) is 0.667. The van der Waals surface area contributed by atoms with Crippen molar-refractivity contribution in [2.75, 3.05) is 6.61 Å². The van der Waals surface area contributed by atoms with E-state index >= 15 is 0 Å². The molecule has 3 aromatic rings. The van der Waals surface area contributed by atoms with Crippen LogP contribution in [0.3, 0.4) is 0 Å². The molecule has 0 amide bonds. The molecule has 64 heavy (non-hydrogen) atoms. The fourth-order valence-electron chi connectivity index (χ4n) is 8.20. The zero-order valence-electron chi connectivity index (χ0n) is 43.6. The Morgan fingerprint density at radius 1 is 0.531 bits per heavy atom. The first-order valence-corrected chi connectivity index (χ1v) is 26.5. The van der Waals surface area contributed by atoms with Gasteiger partial charge in [-0.15, -0.1) is 12.6 Å². The number of aryl methyl sites for hydroxylation is 2. The van der Waals surface area contributed by atoms with Crippen molar-refractivity contribution in [1.29, 1.82) is 0 Å². The molecule has 5 nitrogen and oxygen atoms in total. The summed E-state index contributed by atoms with van der Waals surface area (Å²) in [6.45, 7) is 35.2. The van der Waals surface area contributed by atoms with Crippen molar-refractivity contribution in [3.05, 3.63) is 81.4 Å². The lowest BCUT2D eigenvalue weighted by molar-refractivity contribution is -0.145. The largest absolute Gasteiger partial charge is 0.530 e. The second kappa shape index (κ2) is 25.4. The minimum Gasteiger partial charge on any atom is -0.465 e. The van der Waals surface area contributed by atoms with Gasteiger partial charge in [0.1, 0.15) is 17.2 Å². The number of thiol groups is 1. The van der Waals surface area contributed by atoms with Crippen LogP contribution in [-0.4, -0.2) is 12.6 Å². The highest BCUT2D eigenvalue weighted by Crippen LogP contribution is 2.53. The number of esters is 1. The van der Waals surface area contributed by atoms with Crippen LogP contribution < -0.4 is 13.6 Å². The molecule has 0 aliphatic heterocycles. The Balaban J connectivity index is 1.81. The number of rotatable bonds is 25. The second-order valence-corrected chi connectivity index (χ2v) is 24.3. The molecule has 0 saturated carbocycles. The van der Waals surface area contributed by atoms with Crippen molar-refractivity contribution < 1.29 is 23.1 Å². The quantitative estimate of drug-likeness (QED) is 0.0397. The highest BCUT2D eigenvalue weighted by atomic mass is 32.1. The number of unbranched alkanes of at least 4 members (excludes halogenated alkanes) is 15. The summed E-state index contributed by atoms with van der Waals surface area (Å²) in [4.78, 5) is 14.4. The van der Waals surface area contributed by atoms with E-state index in [4.69, 9.17) is 30.9 Å². The zero-order chi connectivity index (χ0) is 47.9. The third-order valence-corrected chi connectivity index (χ3v) is 13.6. The number of carbonyl (C=O) groups is 1. The van der Waals surface area contributed by atoms with Crippen molar-refractivity contribution in [3.63, 3.8) is 0 Å². The molecule has 0 saturated heterocycles. The Labute approximate surface area is 399 Å². The van der Waals surface area contributed by atoms with Crippen molar-refractivity contribution >= 4 is 27.2 Å². The third-order valence-electron chi connectivity index (χ3n) is 12.3. The Morgan fingerprint density at radius 2 is 0.938 bits per heavy atom. The van der Waals surface area contributed by atoms with Gasteiger partial charge in [0.25, 0.3) is 0 Å². The summed E-state index contributed by atoms with van der Waals surface area (Å²) in [6.07, 6.45) is 21.0. The van der Waals surface area contributed by atoms with Gasteiger partial charge in [-0.2, -0.15) is 0 Å². The molecule has 0 fully saturated rings. The SMILES string of the molecule is CCCCCCCCCCCCCCCCCCOC(=O)C(C)c1cc(C(C)(C)C)c(OP(Oc2ccc(C)cc2C(C)(C)C)Oc2c(S)cc(C)cc2C(C)(C)C)c(C(C)(C)C)c1. The minimum absolute atomic E-state index is 0.187. The smallest absolute Gasteiger partial charge is 0.465 e. The van der Waals surface area contributed by atoms with Gasteiger partial charge in [0.15, 0.2) is 0 Å². The van der Waals surface area contributed by atoms with Crippen LogP contribution in [0.5, 0.6) is 17.2 Å². The van der Waals surface area contributed by atoms with E-state index in [0.717, 1.165) is 68.2 Å². The molecule has 0 N–H and O–H groups in total. The number of hydrogen-bond donors (Lipinski definition) is 1. The van der Waals surface area contributed by atoms with Crippen molar-refractivity contribution in [1.82, 2.24) is 0 Å². The minimum atomic E-state index is -2.08. The van der Waals surface area contributed by atoms with Gasteiger partial charge in [-0.1, -0.05) is 222 Å². The molecule has 0 radical (unpaired) electrons. The molecule has 2 atom stereocenters. The standard InChI is InChI=1S/C57H91O5PS/c1-17-18-19-20-21-22-23-24-25-26-27-28-29-30-31-32-35-59-53(58)43(4)44-39-47(56(11,12)13)51(48(40-44)57(14,15)16)61-63(60-49-34-33-41(2)36-45(49)54(5,6)7)62-52-46(55(8,9)10)37-42(3)38-50(52)64/h33-34,36-40,43,64H,17-32,35H2,1-16H3. The van der Waals surface area contributed by atoms with E-state index in [1.807, 2.05) is 19.1 Å². The van der Waals surface area contributed by atoms with E-state index in [1.165, 1.54) is 89.9 Å². The molecule has 0 bridgehead atoms. The second-order valence-electron chi connectivity index (χ2n) is 22.8. The first kappa shape index (κ1) is 55.6. The van der Waals surface area contributed by atoms with E-state index < -0.39 is 14.5 Å². The van der Waals surface area contributed by atoms with Gasteiger partial charge in [-0.3, -0.25) is 4.79 Å². The number of benzene rings is 3. The summed E-state index contributed by atoms with van der Waals surface area (Å²) in [5, 5.41) is 0. The Bertz CT molecular complexity index is 1850. The lowest BCUT2D eigenvalue weighted by atomic mass is 9.77. The van der Waals surface area contributed by atoms with Crippen molar-refractivity contribution in [2.24, 2.45) is 0 Å². The van der Waals surface area contributed by atoms with Crippen LogP contribution in [-0.2, 0) is 31.2 Å². The summed E-state index contributed by atoms with van der Waals surface area (Å²) in [5.41, 5.74) is 6.15. The van der Waals surface area contributed by atoms with E-state index in [1.54, 1.807) is 0 Å². The number of ether oxygens (including phenoxy) is 1. The maximum Gasteiger partial charge on any atom is 0.530 e. The van der Waals surface area contributed by atoms with Gasteiger partial charge < -0.3 is 18.3 Å². The van der Waals surface area contributed by atoms with Crippen LogP contribution >= 0.6 is 21.2 Å². The van der Waals surface area contributed by atoms with E-state index in [0.29, 0.717) is 12.4 Å². The summed E-state index contributed by atoms with van der Waals surface area (Å²) in [7, 11) is -2.08. The van der Waals surface area contributed by atoms with Crippen LogP contribution in [0.4, 0.5) is 0 Å². The van der Waals surface area contributed by atoms with Crippen LogP contribution in [0.15, 0.2) is 47.4 Å². The highest BCUT2D eigenvalue weighted by molar-refractivity contribution is 7.80. The van der Waals surface area contributed by atoms with Gasteiger partial charge in [0.05, 0.1) is 12.5 Å². The molecule has 3 aromatic carbocycles. The van der Waals surface area contributed by atoms with E-state index in [9.17, 15) is 4.79 Å². The molecular formula is C57H91O5PS. The predicted octanol–water partition coefficient (Wildman–Crippen LogP) is 18.5. The molecule has 2 unspecified atom stereocenters. The number of hydrogen-bond acceptors (Lipinski definition) is 6. The lowest BCUT2D eigenvalue weighted by Gasteiger charge is -2.33. The summed E-state index contributed by atoms with van der Waals surface area (Å²) in [6, 6.07) is 14.8. The molecule has 0 aromatic heterocycles. The van der Waals surface area contributed by atoms with Crippen LogP contribution in [0.2, 0.25) is 0 Å². The topological polar surface area (TPSA) is 54.0 Å². The summed E-state index contributed by atoms with van der Waals surface area (Å²) >= 11 is 4.97. The Morgan fingerprint density at radius 3 is 1.39 bits per heavy atom. The lowest BCUT2D eigenvalue weighted by Crippen LogP contribution is -2.22. The fourth-order valence-corrected chi connectivity index (χ4v) is 9.76. The average Bonchev–Trinajstić information content (AvgIpc) is 3.18. The van der Waals surface area contributed by atoms with Crippen LogP contribution in [0, 0.1) is 13.8 Å². The van der Waals surface area contributed by atoms with Crippen molar-refractivity contribution in [2.45, 2.75) is 246 Å². The Hall–Kier alpha value is -2.69. The molecule has 0 spiro atoms. The Kier molecular flexibility index (Phi) is 22.1. The zero-order valence-corrected chi connectivity index (χ0v) is 45.4. The van der Waals surface area contributed by atoms with Gasteiger partial charge in [0, 0.05) is 27.1 Å². The molecule has 360 valence electrons. The molecule has 0 heterocycles. The molecule has 7 heteroatoms. The van der Waals surface area contributed by atoms with Crippen LogP contribution in [0.25, 0.3) is 0 Å². The molecular weight excluding hydrogens is 828 g/mol. The normalized spacial score (nSPS) is 13.5. The molecule has 0 aliphatic rings. The average molecular weight is 919 g/mol. The molecule has 3 rings (SSSR count). The third kappa shape index (κ3) is 18.2. The van der Waals surface area contributed by atoms with Gasteiger partial charge >= 0.3 is 14.6 Å². The first-order chi connectivity index (χ1) is 29.8. The monoisotopic (exact) mass is 919 g/mol. The van der Waals surface area contributed by atoms with Gasteiger partial charge in [0.2, 0.25) is 0 Å².